The number of anilines is 1. The number of carbonyl (C=O) groups is 1. The molecule has 26 heavy (non-hydrogen) atoms. The molecule has 2 saturated heterocycles. The first-order valence-electron chi connectivity index (χ1n) is 9.03. The van der Waals surface area contributed by atoms with Gasteiger partial charge in [0.2, 0.25) is 10.0 Å². The van der Waals surface area contributed by atoms with Crippen molar-refractivity contribution in [2.45, 2.75) is 25.7 Å². The van der Waals surface area contributed by atoms with Crippen LogP contribution in [0.5, 0.6) is 0 Å². The van der Waals surface area contributed by atoms with Crippen LogP contribution in [0.3, 0.4) is 0 Å². The second-order valence-corrected chi connectivity index (χ2v) is 9.11. The van der Waals surface area contributed by atoms with E-state index >= 15 is 0 Å². The van der Waals surface area contributed by atoms with Crippen LogP contribution < -0.4 is 9.62 Å². The number of hydrogen-bond acceptors (Lipinski definition) is 5. The summed E-state index contributed by atoms with van der Waals surface area (Å²) in [6.07, 6.45) is 2.97. The maximum atomic E-state index is 12.4. The third kappa shape index (κ3) is 4.19. The molecule has 2 fully saturated rings. The van der Waals surface area contributed by atoms with E-state index in [2.05, 4.69) is 5.32 Å². The van der Waals surface area contributed by atoms with E-state index in [1.54, 1.807) is 24.3 Å². The number of nitrogens with one attached hydrogen (secondary N) is 1. The van der Waals surface area contributed by atoms with Gasteiger partial charge in [0.05, 0.1) is 18.0 Å². The Morgan fingerprint density at radius 1 is 1.19 bits per heavy atom. The Labute approximate surface area is 154 Å². The van der Waals surface area contributed by atoms with Gasteiger partial charge in [-0.1, -0.05) is 0 Å². The zero-order valence-corrected chi connectivity index (χ0v) is 15.6. The summed E-state index contributed by atoms with van der Waals surface area (Å²) in [5.41, 5.74) is 0.747. The van der Waals surface area contributed by atoms with Crippen molar-refractivity contribution in [2.75, 3.05) is 43.0 Å². The van der Waals surface area contributed by atoms with Gasteiger partial charge in [0.15, 0.2) is 0 Å². The van der Waals surface area contributed by atoms with Gasteiger partial charge in [0.25, 0.3) is 5.91 Å². The molecule has 1 aromatic carbocycles. The Bertz CT molecular complexity index is 726. The van der Waals surface area contributed by atoms with E-state index in [-0.39, 0.29) is 23.7 Å². The summed E-state index contributed by atoms with van der Waals surface area (Å²) < 4.78 is 31.1. The Hall–Kier alpha value is -1.64. The van der Waals surface area contributed by atoms with E-state index in [0.717, 1.165) is 19.3 Å². The lowest BCUT2D eigenvalue weighted by atomic mass is 9.81. The third-order valence-corrected chi connectivity index (χ3v) is 7.15. The SMILES string of the molecule is O=C(NCC1(CO)CCOCC1)c1ccc(N2CCCCS2(=O)=O)cc1. The number of hydrogen-bond donors (Lipinski definition) is 2. The average Bonchev–Trinajstić information content (AvgIpc) is 2.67. The fourth-order valence-electron chi connectivity index (χ4n) is 3.42. The molecule has 0 bridgehead atoms. The second-order valence-electron chi connectivity index (χ2n) is 7.10. The maximum absolute atomic E-state index is 12.4. The Balaban J connectivity index is 1.63. The van der Waals surface area contributed by atoms with Gasteiger partial charge in [-0.2, -0.15) is 0 Å². The number of aliphatic hydroxyl groups excluding tert-OH is 1. The highest BCUT2D eigenvalue weighted by molar-refractivity contribution is 7.92. The molecule has 144 valence electrons. The van der Waals surface area contributed by atoms with Crippen molar-refractivity contribution in [1.29, 1.82) is 0 Å². The molecule has 7 nitrogen and oxygen atoms in total. The van der Waals surface area contributed by atoms with E-state index in [4.69, 9.17) is 4.74 Å². The molecule has 3 rings (SSSR count). The lowest BCUT2D eigenvalue weighted by Crippen LogP contribution is -2.43. The van der Waals surface area contributed by atoms with Crippen molar-refractivity contribution in [3.8, 4) is 0 Å². The minimum absolute atomic E-state index is 0.0163. The number of amides is 1. The van der Waals surface area contributed by atoms with Crippen molar-refractivity contribution in [3.63, 3.8) is 0 Å². The molecule has 0 aromatic heterocycles. The van der Waals surface area contributed by atoms with Gasteiger partial charge < -0.3 is 15.2 Å². The molecule has 1 amide bonds. The van der Waals surface area contributed by atoms with Gasteiger partial charge in [0.1, 0.15) is 0 Å². The largest absolute Gasteiger partial charge is 0.396 e. The Kier molecular flexibility index (Phi) is 5.84. The standard InChI is InChI=1S/C18H26N2O5S/c21-14-18(7-10-25-11-8-18)13-19-17(22)15-3-5-16(6-4-15)20-9-1-2-12-26(20,23)24/h3-6,21H,1-2,7-14H2,(H,19,22). The average molecular weight is 382 g/mol. The first-order chi connectivity index (χ1) is 12.5. The van der Waals surface area contributed by atoms with Crippen molar-refractivity contribution in [3.05, 3.63) is 29.8 Å². The van der Waals surface area contributed by atoms with Crippen LogP contribution in [-0.2, 0) is 14.8 Å². The van der Waals surface area contributed by atoms with Gasteiger partial charge in [-0.15, -0.1) is 0 Å². The number of nitrogens with zero attached hydrogens (tertiary/aromatic N) is 1. The Morgan fingerprint density at radius 2 is 1.88 bits per heavy atom. The smallest absolute Gasteiger partial charge is 0.251 e. The van der Waals surface area contributed by atoms with Crippen LogP contribution in [0.4, 0.5) is 5.69 Å². The summed E-state index contributed by atoms with van der Waals surface area (Å²) in [5, 5.41) is 12.6. The van der Waals surface area contributed by atoms with Crippen LogP contribution in [0.25, 0.3) is 0 Å². The van der Waals surface area contributed by atoms with E-state index in [1.807, 2.05) is 0 Å². The molecular weight excluding hydrogens is 356 g/mol. The first kappa shape index (κ1) is 19.1. The number of aliphatic hydroxyl groups is 1. The Morgan fingerprint density at radius 3 is 2.50 bits per heavy atom. The number of sulfonamides is 1. The number of ether oxygens (including phenoxy) is 1. The molecule has 0 spiro atoms. The molecule has 8 heteroatoms. The van der Waals surface area contributed by atoms with Gasteiger partial charge >= 0.3 is 0 Å². The quantitative estimate of drug-likeness (QED) is 0.796. The second kappa shape index (κ2) is 7.94. The monoisotopic (exact) mass is 382 g/mol. The molecule has 0 unspecified atom stereocenters. The fourth-order valence-corrected chi connectivity index (χ4v) is 5.06. The molecule has 2 aliphatic rings. The van der Waals surface area contributed by atoms with Crippen molar-refractivity contribution < 1.29 is 23.1 Å². The summed E-state index contributed by atoms with van der Waals surface area (Å²) in [6, 6.07) is 6.64. The zero-order valence-electron chi connectivity index (χ0n) is 14.8. The van der Waals surface area contributed by atoms with E-state index in [9.17, 15) is 18.3 Å². The zero-order chi connectivity index (χ0) is 18.6. The van der Waals surface area contributed by atoms with Crippen LogP contribution in [0, 0.1) is 5.41 Å². The van der Waals surface area contributed by atoms with Gasteiger partial charge in [-0.05, 0) is 49.9 Å². The highest BCUT2D eigenvalue weighted by Crippen LogP contribution is 2.29. The molecule has 0 radical (unpaired) electrons. The highest BCUT2D eigenvalue weighted by atomic mass is 32.2. The maximum Gasteiger partial charge on any atom is 0.251 e. The third-order valence-electron chi connectivity index (χ3n) is 5.28. The van der Waals surface area contributed by atoms with Crippen LogP contribution in [0.1, 0.15) is 36.0 Å². The van der Waals surface area contributed by atoms with Gasteiger partial charge in [0, 0.05) is 37.3 Å². The topological polar surface area (TPSA) is 95.9 Å². The van der Waals surface area contributed by atoms with Crippen molar-refractivity contribution in [1.82, 2.24) is 5.32 Å². The molecule has 2 aliphatic heterocycles. The van der Waals surface area contributed by atoms with E-state index < -0.39 is 10.0 Å². The lowest BCUT2D eigenvalue weighted by molar-refractivity contribution is -0.0146. The molecular formula is C18H26N2O5S. The predicted molar refractivity (Wildman–Crippen MR) is 98.7 cm³/mol. The minimum Gasteiger partial charge on any atom is -0.396 e. The molecule has 0 aliphatic carbocycles. The summed E-state index contributed by atoms with van der Waals surface area (Å²) >= 11 is 0. The molecule has 0 saturated carbocycles. The van der Waals surface area contributed by atoms with Crippen LogP contribution in [-0.4, -0.2) is 58.1 Å². The van der Waals surface area contributed by atoms with Crippen molar-refractivity contribution >= 4 is 21.6 Å². The van der Waals surface area contributed by atoms with Crippen LogP contribution in [0.15, 0.2) is 24.3 Å². The first-order valence-corrected chi connectivity index (χ1v) is 10.6. The minimum atomic E-state index is -3.25. The number of rotatable bonds is 5. The lowest BCUT2D eigenvalue weighted by Gasteiger charge is -2.35. The normalized spacial score (nSPS) is 22.0. The summed E-state index contributed by atoms with van der Waals surface area (Å²) in [5.74, 6) is -0.0558. The van der Waals surface area contributed by atoms with Gasteiger partial charge in [-0.25, -0.2) is 8.42 Å². The molecule has 2 heterocycles. The molecule has 0 atom stereocenters. The van der Waals surface area contributed by atoms with Gasteiger partial charge in [-0.3, -0.25) is 9.10 Å². The van der Waals surface area contributed by atoms with E-state index in [1.165, 1.54) is 4.31 Å². The number of carbonyl (C=O) groups excluding carboxylic acids is 1. The number of benzene rings is 1. The predicted octanol–water partition coefficient (Wildman–Crippen LogP) is 1.14. The van der Waals surface area contributed by atoms with Crippen LogP contribution in [0.2, 0.25) is 0 Å². The summed E-state index contributed by atoms with van der Waals surface area (Å²) in [7, 11) is -3.25. The summed E-state index contributed by atoms with van der Waals surface area (Å²) in [4.78, 5) is 12.4. The highest BCUT2D eigenvalue weighted by Gasteiger charge is 2.32. The molecule has 2 N–H and O–H groups in total. The van der Waals surface area contributed by atoms with E-state index in [0.29, 0.717) is 44.0 Å². The summed E-state index contributed by atoms with van der Waals surface area (Å²) in [6.45, 7) is 2.08. The van der Waals surface area contributed by atoms with Crippen molar-refractivity contribution in [2.24, 2.45) is 5.41 Å². The molecule has 1 aromatic rings. The van der Waals surface area contributed by atoms with Crippen LogP contribution >= 0.6 is 0 Å². The fraction of sp³-hybridized carbons (Fsp3) is 0.611.